The van der Waals surface area contributed by atoms with Crippen LogP contribution in [0, 0.1) is 5.41 Å². The number of imidazole rings is 1. The third kappa shape index (κ3) is 4.66. The Morgan fingerprint density at radius 1 is 1.15 bits per heavy atom. The van der Waals surface area contributed by atoms with E-state index < -0.39 is 0 Å². The van der Waals surface area contributed by atoms with E-state index in [0.29, 0.717) is 11.5 Å². The number of aromatic nitrogens is 2. The molecule has 1 aliphatic carbocycles. The Morgan fingerprint density at radius 3 is 2.56 bits per heavy atom. The fourth-order valence-electron chi connectivity index (χ4n) is 3.84. The van der Waals surface area contributed by atoms with Crippen LogP contribution in [0.3, 0.4) is 0 Å². The minimum Gasteiger partial charge on any atom is -0.345 e. The summed E-state index contributed by atoms with van der Waals surface area (Å²) in [6, 6.07) is 13.3. The van der Waals surface area contributed by atoms with E-state index in [9.17, 15) is 0 Å². The van der Waals surface area contributed by atoms with Crippen LogP contribution in [0.15, 0.2) is 42.7 Å². The third-order valence-electron chi connectivity index (χ3n) is 5.71. The number of nitrogens with zero attached hydrogens (tertiary/aromatic N) is 1. The Morgan fingerprint density at radius 2 is 1.85 bits per heavy atom. The van der Waals surface area contributed by atoms with E-state index in [0.717, 1.165) is 33.7 Å². The molecule has 3 nitrogen and oxygen atoms in total. The van der Waals surface area contributed by atoms with Gasteiger partial charge in [0.2, 0.25) is 0 Å². The van der Waals surface area contributed by atoms with E-state index in [-0.39, 0.29) is 12.4 Å². The average molecular weight is 404 g/mol. The van der Waals surface area contributed by atoms with Crippen molar-refractivity contribution in [2.45, 2.75) is 52.1 Å². The first-order valence-corrected chi connectivity index (χ1v) is 9.83. The first-order valence-electron chi connectivity index (χ1n) is 9.45. The largest absolute Gasteiger partial charge is 0.345 e. The van der Waals surface area contributed by atoms with Gasteiger partial charge in [0, 0.05) is 18.2 Å². The molecule has 0 amide bonds. The molecule has 4 rings (SSSR count). The van der Waals surface area contributed by atoms with Crippen LogP contribution in [0.25, 0.3) is 22.2 Å². The highest BCUT2D eigenvalue weighted by Crippen LogP contribution is 2.35. The number of halogens is 2. The fourth-order valence-corrected chi connectivity index (χ4v) is 4.12. The monoisotopic (exact) mass is 403 g/mol. The van der Waals surface area contributed by atoms with Crippen molar-refractivity contribution in [1.29, 1.82) is 0 Å². The van der Waals surface area contributed by atoms with E-state index in [2.05, 4.69) is 53.4 Å². The SMILES string of the molecule is CC1(C)CCC(NCc2ccc(-c3cc4nc[nH]c4cc3Cl)cc2)CC1.Cl. The van der Waals surface area contributed by atoms with Crippen LogP contribution in [0.2, 0.25) is 5.02 Å². The predicted octanol–water partition coefficient (Wildman–Crippen LogP) is 6.36. The summed E-state index contributed by atoms with van der Waals surface area (Å²) >= 11 is 6.46. The van der Waals surface area contributed by atoms with E-state index in [1.807, 2.05) is 12.1 Å². The molecular formula is C22H27Cl2N3. The van der Waals surface area contributed by atoms with Gasteiger partial charge >= 0.3 is 0 Å². The molecule has 2 aromatic carbocycles. The normalized spacial score (nSPS) is 17.0. The highest BCUT2D eigenvalue weighted by Gasteiger charge is 2.26. The van der Waals surface area contributed by atoms with Crippen molar-refractivity contribution < 1.29 is 0 Å². The van der Waals surface area contributed by atoms with Crippen molar-refractivity contribution in [2.24, 2.45) is 5.41 Å². The molecule has 1 aliphatic rings. The Labute approximate surface area is 172 Å². The van der Waals surface area contributed by atoms with Gasteiger partial charge in [-0.05, 0) is 54.4 Å². The van der Waals surface area contributed by atoms with Gasteiger partial charge in [-0.1, -0.05) is 49.7 Å². The second-order valence-corrected chi connectivity index (χ2v) is 8.68. The first kappa shape index (κ1) is 20.2. The van der Waals surface area contributed by atoms with Crippen LogP contribution in [-0.2, 0) is 6.54 Å². The van der Waals surface area contributed by atoms with Gasteiger partial charge in [-0.2, -0.15) is 0 Å². The van der Waals surface area contributed by atoms with Gasteiger partial charge in [-0.3, -0.25) is 0 Å². The van der Waals surface area contributed by atoms with Crippen molar-refractivity contribution in [3.05, 3.63) is 53.3 Å². The number of hydrogen-bond donors (Lipinski definition) is 2. The van der Waals surface area contributed by atoms with E-state index in [1.165, 1.54) is 31.2 Å². The Bertz CT molecular complexity index is 890. The number of hydrogen-bond acceptors (Lipinski definition) is 2. The molecule has 1 fully saturated rings. The molecule has 0 spiro atoms. The number of benzene rings is 2. The van der Waals surface area contributed by atoms with Gasteiger partial charge in [0.1, 0.15) is 0 Å². The zero-order chi connectivity index (χ0) is 18.1. The van der Waals surface area contributed by atoms with Crippen LogP contribution in [0.1, 0.15) is 45.1 Å². The van der Waals surface area contributed by atoms with Gasteiger partial charge < -0.3 is 10.3 Å². The molecule has 144 valence electrons. The number of rotatable bonds is 4. The van der Waals surface area contributed by atoms with Crippen molar-refractivity contribution in [3.63, 3.8) is 0 Å². The summed E-state index contributed by atoms with van der Waals surface area (Å²) in [7, 11) is 0. The predicted molar refractivity (Wildman–Crippen MR) is 117 cm³/mol. The van der Waals surface area contributed by atoms with Gasteiger partial charge in [-0.15, -0.1) is 12.4 Å². The molecule has 0 saturated heterocycles. The summed E-state index contributed by atoms with van der Waals surface area (Å²) in [5, 5.41) is 4.47. The lowest BCUT2D eigenvalue weighted by Gasteiger charge is -2.34. The molecule has 0 atom stereocenters. The minimum atomic E-state index is 0. The van der Waals surface area contributed by atoms with Crippen LogP contribution in [0.5, 0.6) is 0 Å². The van der Waals surface area contributed by atoms with Crippen LogP contribution < -0.4 is 5.32 Å². The maximum absolute atomic E-state index is 6.46. The summed E-state index contributed by atoms with van der Waals surface area (Å²) in [5.41, 5.74) is 5.90. The topological polar surface area (TPSA) is 40.7 Å². The van der Waals surface area contributed by atoms with E-state index in [4.69, 9.17) is 11.6 Å². The van der Waals surface area contributed by atoms with E-state index >= 15 is 0 Å². The summed E-state index contributed by atoms with van der Waals surface area (Å²) in [6.07, 6.45) is 6.90. The van der Waals surface area contributed by atoms with Gasteiger partial charge in [0.05, 0.1) is 22.4 Å². The van der Waals surface area contributed by atoms with Crippen LogP contribution >= 0.6 is 24.0 Å². The lowest BCUT2D eigenvalue weighted by atomic mass is 9.75. The first-order chi connectivity index (χ1) is 12.5. The summed E-state index contributed by atoms with van der Waals surface area (Å²) < 4.78 is 0. The maximum Gasteiger partial charge on any atom is 0.0931 e. The molecule has 1 saturated carbocycles. The van der Waals surface area contributed by atoms with Gasteiger partial charge in [0.15, 0.2) is 0 Å². The molecule has 2 N–H and O–H groups in total. The third-order valence-corrected chi connectivity index (χ3v) is 6.02. The maximum atomic E-state index is 6.46. The molecule has 27 heavy (non-hydrogen) atoms. The standard InChI is InChI=1S/C22H26ClN3.ClH/c1-22(2)9-7-17(8-10-22)24-13-15-3-5-16(6-4-15)18-11-20-21(12-19(18)23)26-14-25-20;/h3-6,11-12,14,17,24H,7-10,13H2,1-2H3,(H,25,26);1H. The number of fused-ring (bicyclic) bond motifs is 1. The Balaban J connectivity index is 0.00000210. The number of nitrogens with one attached hydrogen (secondary N) is 2. The van der Waals surface area contributed by atoms with Gasteiger partial charge in [0.25, 0.3) is 0 Å². The molecular weight excluding hydrogens is 377 g/mol. The summed E-state index contributed by atoms with van der Waals surface area (Å²) in [4.78, 5) is 7.43. The van der Waals surface area contributed by atoms with Crippen molar-refractivity contribution in [2.75, 3.05) is 0 Å². The molecule has 1 heterocycles. The van der Waals surface area contributed by atoms with Crippen LogP contribution in [0.4, 0.5) is 0 Å². The molecule has 0 unspecified atom stereocenters. The average Bonchev–Trinajstić information content (AvgIpc) is 3.08. The van der Waals surface area contributed by atoms with E-state index in [1.54, 1.807) is 6.33 Å². The highest BCUT2D eigenvalue weighted by molar-refractivity contribution is 6.34. The molecule has 0 aliphatic heterocycles. The zero-order valence-corrected chi connectivity index (χ0v) is 17.5. The molecule has 0 radical (unpaired) electrons. The number of H-pyrrole nitrogens is 1. The fraction of sp³-hybridized carbons (Fsp3) is 0.409. The molecule has 5 heteroatoms. The van der Waals surface area contributed by atoms with Crippen LogP contribution in [-0.4, -0.2) is 16.0 Å². The lowest BCUT2D eigenvalue weighted by Crippen LogP contribution is -2.35. The summed E-state index contributed by atoms with van der Waals surface area (Å²) in [5.74, 6) is 0. The molecule has 3 aromatic rings. The second kappa shape index (κ2) is 8.22. The quantitative estimate of drug-likeness (QED) is 0.531. The van der Waals surface area contributed by atoms with Crippen molar-refractivity contribution in [3.8, 4) is 11.1 Å². The number of aromatic amines is 1. The van der Waals surface area contributed by atoms with Gasteiger partial charge in [-0.25, -0.2) is 4.98 Å². The van der Waals surface area contributed by atoms with Crippen molar-refractivity contribution in [1.82, 2.24) is 15.3 Å². The Kier molecular flexibility index (Phi) is 6.15. The lowest BCUT2D eigenvalue weighted by molar-refractivity contribution is 0.206. The second-order valence-electron chi connectivity index (χ2n) is 8.27. The molecule has 1 aromatic heterocycles. The molecule has 0 bridgehead atoms. The minimum absolute atomic E-state index is 0. The summed E-state index contributed by atoms with van der Waals surface area (Å²) in [6.45, 7) is 5.69. The van der Waals surface area contributed by atoms with Crippen molar-refractivity contribution >= 4 is 35.0 Å². The Hall–Kier alpha value is -1.55. The zero-order valence-electron chi connectivity index (χ0n) is 15.9. The smallest absolute Gasteiger partial charge is 0.0931 e. The highest BCUT2D eigenvalue weighted by atomic mass is 35.5.